The van der Waals surface area contributed by atoms with Crippen molar-refractivity contribution in [3.05, 3.63) is 58.7 Å². The van der Waals surface area contributed by atoms with Crippen molar-refractivity contribution < 1.29 is 13.6 Å². The van der Waals surface area contributed by atoms with Gasteiger partial charge in [0.15, 0.2) is 11.6 Å². The van der Waals surface area contributed by atoms with E-state index in [2.05, 4.69) is 5.32 Å². The molecule has 1 N–H and O–H groups in total. The lowest BCUT2D eigenvalue weighted by Gasteiger charge is -2.18. The summed E-state index contributed by atoms with van der Waals surface area (Å²) in [7, 11) is 1.62. The molecule has 0 amide bonds. The minimum absolute atomic E-state index is 0.0864. The summed E-state index contributed by atoms with van der Waals surface area (Å²) in [5.74, 6) is -1.81. The number of hydrogen-bond acceptors (Lipinski definition) is 2. The molecule has 0 saturated carbocycles. The summed E-state index contributed by atoms with van der Waals surface area (Å²) in [4.78, 5) is 10.8. The molecule has 116 valence electrons. The molecule has 0 aliphatic heterocycles. The van der Waals surface area contributed by atoms with E-state index in [1.807, 2.05) is 32.0 Å². The van der Waals surface area contributed by atoms with Crippen LogP contribution in [0.3, 0.4) is 0 Å². The Morgan fingerprint density at radius 1 is 1.18 bits per heavy atom. The minimum atomic E-state index is -0.906. The summed E-state index contributed by atoms with van der Waals surface area (Å²) in [6, 6.07) is 8.09. The van der Waals surface area contributed by atoms with Gasteiger partial charge in [0.05, 0.1) is 0 Å². The zero-order valence-electron chi connectivity index (χ0n) is 12.9. The smallest absolute Gasteiger partial charge is 0.163 e. The molecule has 1 atom stereocenters. The summed E-state index contributed by atoms with van der Waals surface area (Å²) >= 11 is 0. The molecular weight excluding hydrogens is 284 g/mol. The van der Waals surface area contributed by atoms with Crippen molar-refractivity contribution in [2.75, 3.05) is 7.05 Å². The third-order valence-corrected chi connectivity index (χ3v) is 3.88. The lowest BCUT2D eigenvalue weighted by molar-refractivity contribution is -0.108. The van der Waals surface area contributed by atoms with E-state index in [0.29, 0.717) is 11.8 Å². The van der Waals surface area contributed by atoms with Crippen LogP contribution in [0.15, 0.2) is 30.3 Å². The molecular formula is C18H19F2NO. The molecule has 0 aromatic heterocycles. The van der Waals surface area contributed by atoms with Crippen LogP contribution >= 0.6 is 0 Å². The van der Waals surface area contributed by atoms with Crippen molar-refractivity contribution in [3.63, 3.8) is 0 Å². The summed E-state index contributed by atoms with van der Waals surface area (Å²) in [5, 5.41) is 2.86. The number of rotatable bonds is 5. The van der Waals surface area contributed by atoms with Gasteiger partial charge in [-0.05, 0) is 55.3 Å². The molecule has 0 aliphatic carbocycles. The first-order valence-corrected chi connectivity index (χ1v) is 7.16. The van der Waals surface area contributed by atoms with Gasteiger partial charge in [0.2, 0.25) is 0 Å². The molecule has 22 heavy (non-hydrogen) atoms. The van der Waals surface area contributed by atoms with Gasteiger partial charge in [-0.15, -0.1) is 0 Å². The van der Waals surface area contributed by atoms with Crippen molar-refractivity contribution in [3.8, 4) is 11.1 Å². The van der Waals surface area contributed by atoms with Gasteiger partial charge >= 0.3 is 0 Å². The van der Waals surface area contributed by atoms with Gasteiger partial charge in [0.1, 0.15) is 6.29 Å². The van der Waals surface area contributed by atoms with Crippen LogP contribution in [-0.2, 0) is 4.79 Å². The molecule has 2 nitrogen and oxygen atoms in total. The number of carbonyl (C=O) groups excluding carboxylic acids is 1. The van der Waals surface area contributed by atoms with Crippen LogP contribution in [0.4, 0.5) is 8.78 Å². The van der Waals surface area contributed by atoms with Gasteiger partial charge in [-0.2, -0.15) is 0 Å². The number of nitrogens with one attached hydrogen (secondary N) is 1. The molecule has 0 heterocycles. The Balaban J connectivity index is 2.64. The van der Waals surface area contributed by atoms with Crippen molar-refractivity contribution in [2.45, 2.75) is 26.3 Å². The van der Waals surface area contributed by atoms with Crippen LogP contribution in [0.1, 0.15) is 29.2 Å². The molecule has 0 fully saturated rings. The van der Waals surface area contributed by atoms with E-state index in [0.717, 1.165) is 16.7 Å². The zero-order valence-corrected chi connectivity index (χ0v) is 12.9. The number of aryl methyl sites for hydroxylation is 2. The summed E-state index contributed by atoms with van der Waals surface area (Å²) < 4.78 is 28.2. The maximum absolute atomic E-state index is 14.1. The van der Waals surface area contributed by atoms with E-state index >= 15 is 0 Å². The van der Waals surface area contributed by atoms with Gasteiger partial charge in [-0.1, -0.05) is 18.2 Å². The highest BCUT2D eigenvalue weighted by Crippen LogP contribution is 2.32. The van der Waals surface area contributed by atoms with Gasteiger partial charge in [0.25, 0.3) is 0 Å². The van der Waals surface area contributed by atoms with Crippen molar-refractivity contribution in [2.24, 2.45) is 0 Å². The Labute approximate surface area is 129 Å². The van der Waals surface area contributed by atoms with E-state index in [9.17, 15) is 13.6 Å². The second-order valence-electron chi connectivity index (χ2n) is 5.37. The summed E-state index contributed by atoms with van der Waals surface area (Å²) in [6.45, 7) is 3.87. The third kappa shape index (κ3) is 3.07. The molecule has 0 aliphatic rings. The van der Waals surface area contributed by atoms with Crippen LogP contribution in [0.5, 0.6) is 0 Å². The van der Waals surface area contributed by atoms with Crippen molar-refractivity contribution >= 4 is 6.29 Å². The molecule has 2 aromatic carbocycles. The Hall–Kier alpha value is -2.07. The van der Waals surface area contributed by atoms with Crippen LogP contribution in [0, 0.1) is 25.5 Å². The standard InChI is InChI=1S/C18H19F2NO/c1-11-5-4-6-12(2)17(11)13-9-14(16(21-3)7-8-22)18(20)15(19)10-13/h4-6,8-10,16,21H,7H2,1-3H3. The Bertz CT molecular complexity index is 677. The lowest BCUT2D eigenvalue weighted by atomic mass is 9.92. The number of hydrogen-bond donors (Lipinski definition) is 1. The van der Waals surface area contributed by atoms with Crippen LogP contribution in [0.2, 0.25) is 0 Å². The maximum Gasteiger partial charge on any atom is 0.163 e. The van der Waals surface area contributed by atoms with Crippen LogP contribution in [-0.4, -0.2) is 13.3 Å². The van der Waals surface area contributed by atoms with Crippen LogP contribution in [0.25, 0.3) is 11.1 Å². The maximum atomic E-state index is 14.1. The molecule has 0 saturated heterocycles. The fourth-order valence-corrected chi connectivity index (χ4v) is 2.77. The third-order valence-electron chi connectivity index (χ3n) is 3.88. The highest BCUT2D eigenvalue weighted by molar-refractivity contribution is 5.71. The molecule has 0 bridgehead atoms. The molecule has 0 radical (unpaired) electrons. The summed E-state index contributed by atoms with van der Waals surface area (Å²) in [6.07, 6.45) is 0.785. The van der Waals surface area contributed by atoms with Gasteiger partial charge in [-0.25, -0.2) is 8.78 Å². The molecule has 4 heteroatoms. The average Bonchev–Trinajstić information content (AvgIpc) is 2.48. The Morgan fingerprint density at radius 2 is 1.82 bits per heavy atom. The van der Waals surface area contributed by atoms with Gasteiger partial charge in [-0.3, -0.25) is 0 Å². The second kappa shape index (κ2) is 6.79. The van der Waals surface area contributed by atoms with E-state index in [4.69, 9.17) is 0 Å². The minimum Gasteiger partial charge on any atom is -0.313 e. The number of benzene rings is 2. The number of aldehydes is 1. The van der Waals surface area contributed by atoms with Crippen molar-refractivity contribution in [1.29, 1.82) is 0 Å². The first-order valence-electron chi connectivity index (χ1n) is 7.16. The van der Waals surface area contributed by atoms with E-state index in [1.165, 1.54) is 6.07 Å². The molecule has 0 spiro atoms. The predicted molar refractivity (Wildman–Crippen MR) is 83.7 cm³/mol. The first kappa shape index (κ1) is 16.3. The molecule has 2 rings (SSSR count). The quantitative estimate of drug-likeness (QED) is 0.843. The van der Waals surface area contributed by atoms with Crippen LogP contribution < -0.4 is 5.32 Å². The fourth-order valence-electron chi connectivity index (χ4n) is 2.77. The second-order valence-corrected chi connectivity index (χ2v) is 5.37. The summed E-state index contributed by atoms with van der Waals surface area (Å²) in [5.41, 5.74) is 3.67. The topological polar surface area (TPSA) is 29.1 Å². The molecule has 1 unspecified atom stereocenters. The van der Waals surface area contributed by atoms with Crippen molar-refractivity contribution in [1.82, 2.24) is 5.32 Å². The normalized spacial score (nSPS) is 12.2. The number of carbonyl (C=O) groups is 1. The van der Waals surface area contributed by atoms with Gasteiger partial charge in [0, 0.05) is 18.0 Å². The predicted octanol–water partition coefficient (Wildman–Crippen LogP) is 4.10. The monoisotopic (exact) mass is 303 g/mol. The fraction of sp³-hybridized carbons (Fsp3) is 0.278. The van der Waals surface area contributed by atoms with E-state index in [-0.39, 0.29) is 12.0 Å². The van der Waals surface area contributed by atoms with Gasteiger partial charge < -0.3 is 10.1 Å². The first-order chi connectivity index (χ1) is 10.5. The SMILES string of the molecule is CNC(CC=O)c1cc(-c2c(C)cccc2C)cc(F)c1F. The Morgan fingerprint density at radius 3 is 2.36 bits per heavy atom. The van der Waals surface area contributed by atoms with E-state index < -0.39 is 17.7 Å². The largest absolute Gasteiger partial charge is 0.313 e. The highest BCUT2D eigenvalue weighted by atomic mass is 19.2. The Kier molecular flexibility index (Phi) is 5.03. The van der Waals surface area contributed by atoms with E-state index in [1.54, 1.807) is 13.1 Å². The zero-order chi connectivity index (χ0) is 16.3. The number of halogens is 2. The lowest BCUT2D eigenvalue weighted by Crippen LogP contribution is -2.19. The average molecular weight is 303 g/mol. The highest BCUT2D eigenvalue weighted by Gasteiger charge is 2.19. The molecule has 2 aromatic rings.